The largest absolute Gasteiger partial charge is 0.497 e. The molecule has 0 fully saturated rings. The smallest absolute Gasteiger partial charge is 0.118 e. The molecule has 0 aliphatic carbocycles. The van der Waals surface area contributed by atoms with Crippen molar-refractivity contribution in [3.63, 3.8) is 0 Å². The molecule has 0 aliphatic heterocycles. The van der Waals surface area contributed by atoms with Gasteiger partial charge >= 0.3 is 0 Å². The highest BCUT2D eigenvalue weighted by Crippen LogP contribution is 2.37. The maximum atomic E-state index is 6.58. The summed E-state index contributed by atoms with van der Waals surface area (Å²) in [5, 5.41) is 0. The zero-order chi connectivity index (χ0) is 17.0. The molecule has 0 saturated heterocycles. The molecule has 0 aliphatic rings. The Morgan fingerprint density at radius 3 is 1.61 bits per heavy atom. The minimum Gasteiger partial charge on any atom is -0.497 e. The van der Waals surface area contributed by atoms with E-state index in [0.29, 0.717) is 0 Å². The second-order valence-corrected chi connectivity index (χ2v) is 6.16. The van der Waals surface area contributed by atoms with Crippen LogP contribution in [0.4, 0.5) is 0 Å². The average molecular weight is 314 g/mol. The van der Waals surface area contributed by atoms with Gasteiger partial charge in [0.1, 0.15) is 11.5 Å². The Bertz CT molecular complexity index is 619. The lowest BCUT2D eigenvalue weighted by Crippen LogP contribution is -2.52. The third kappa shape index (κ3) is 3.66. The van der Waals surface area contributed by atoms with Gasteiger partial charge in [-0.25, -0.2) is 0 Å². The summed E-state index contributed by atoms with van der Waals surface area (Å²) in [6.07, 6.45) is 0. The van der Waals surface area contributed by atoms with E-state index in [-0.39, 0.29) is 11.8 Å². The first-order valence-electron chi connectivity index (χ1n) is 7.76. The van der Waals surface area contributed by atoms with E-state index < -0.39 is 5.66 Å². The molecule has 0 bridgehead atoms. The Morgan fingerprint density at radius 1 is 0.783 bits per heavy atom. The van der Waals surface area contributed by atoms with Crippen LogP contribution in [0, 0.1) is 5.92 Å². The minimum atomic E-state index is -0.977. The summed E-state index contributed by atoms with van der Waals surface area (Å²) in [7, 11) is 3.30. The number of nitrogens with two attached hydrogens (primary N) is 2. The number of hydrogen-bond donors (Lipinski definition) is 2. The van der Waals surface area contributed by atoms with E-state index in [1.807, 2.05) is 48.5 Å². The van der Waals surface area contributed by atoms with Crippen molar-refractivity contribution in [3.8, 4) is 11.5 Å². The van der Waals surface area contributed by atoms with Gasteiger partial charge in [0.2, 0.25) is 0 Å². The van der Waals surface area contributed by atoms with Gasteiger partial charge in [-0.2, -0.15) is 0 Å². The molecule has 124 valence electrons. The molecule has 1 atom stereocenters. The quantitative estimate of drug-likeness (QED) is 0.803. The van der Waals surface area contributed by atoms with E-state index in [1.165, 1.54) is 0 Å². The molecule has 4 N–H and O–H groups in total. The van der Waals surface area contributed by atoms with Gasteiger partial charge in [-0.05, 0) is 41.3 Å². The minimum absolute atomic E-state index is 0.0261. The summed E-state index contributed by atoms with van der Waals surface area (Å²) in [6.45, 7) is 4.26. The third-order valence-electron chi connectivity index (χ3n) is 4.25. The fourth-order valence-electron chi connectivity index (χ4n) is 3.08. The van der Waals surface area contributed by atoms with Crippen LogP contribution < -0.4 is 20.9 Å². The Morgan fingerprint density at radius 2 is 1.22 bits per heavy atom. The number of methoxy groups -OCH3 is 2. The van der Waals surface area contributed by atoms with Crippen molar-refractivity contribution in [3.05, 3.63) is 59.7 Å². The molecule has 0 heterocycles. The Labute approximate surface area is 138 Å². The summed E-state index contributed by atoms with van der Waals surface area (Å²) < 4.78 is 10.4. The van der Waals surface area contributed by atoms with Gasteiger partial charge < -0.3 is 20.9 Å². The Hall–Kier alpha value is -2.04. The highest BCUT2D eigenvalue weighted by Gasteiger charge is 2.36. The van der Waals surface area contributed by atoms with Crippen LogP contribution in [0.1, 0.15) is 30.9 Å². The van der Waals surface area contributed by atoms with Gasteiger partial charge in [-0.15, -0.1) is 0 Å². The van der Waals surface area contributed by atoms with Crippen LogP contribution >= 0.6 is 0 Å². The average Bonchev–Trinajstić information content (AvgIpc) is 2.55. The summed E-state index contributed by atoms with van der Waals surface area (Å²) in [5.74, 6) is 1.86. The van der Waals surface area contributed by atoms with Crippen molar-refractivity contribution in [1.29, 1.82) is 0 Å². The fraction of sp³-hybridized carbons (Fsp3) is 0.368. The molecule has 2 aromatic carbocycles. The van der Waals surface area contributed by atoms with E-state index in [9.17, 15) is 0 Å². The summed E-state index contributed by atoms with van der Waals surface area (Å²) in [4.78, 5) is 0. The molecule has 0 radical (unpaired) electrons. The van der Waals surface area contributed by atoms with Crippen molar-refractivity contribution in [2.45, 2.75) is 25.4 Å². The van der Waals surface area contributed by atoms with Crippen LogP contribution in [-0.4, -0.2) is 14.2 Å². The molecule has 2 rings (SSSR count). The van der Waals surface area contributed by atoms with E-state index in [1.54, 1.807) is 14.2 Å². The zero-order valence-electron chi connectivity index (χ0n) is 14.2. The standard InChI is InChI=1S/C19H26N2O2/c1-13(2)18(14-5-9-16(22-3)10-6-14)19(20,21)15-7-11-17(23-4)12-8-15/h5-13,18H,20-21H2,1-4H3. The predicted octanol–water partition coefficient (Wildman–Crippen LogP) is 3.21. The monoisotopic (exact) mass is 314 g/mol. The van der Waals surface area contributed by atoms with Crippen LogP contribution in [0.3, 0.4) is 0 Å². The molecule has 0 amide bonds. The molecule has 0 spiro atoms. The lowest BCUT2D eigenvalue weighted by molar-refractivity contribution is 0.295. The van der Waals surface area contributed by atoms with Gasteiger partial charge in [-0.1, -0.05) is 38.1 Å². The molecule has 4 heteroatoms. The lowest BCUT2D eigenvalue weighted by Gasteiger charge is -2.37. The van der Waals surface area contributed by atoms with Crippen molar-refractivity contribution in [2.24, 2.45) is 17.4 Å². The molecule has 4 nitrogen and oxygen atoms in total. The van der Waals surface area contributed by atoms with Crippen molar-refractivity contribution < 1.29 is 9.47 Å². The Balaban J connectivity index is 2.40. The molecule has 0 aromatic heterocycles. The topological polar surface area (TPSA) is 70.5 Å². The maximum absolute atomic E-state index is 6.58. The van der Waals surface area contributed by atoms with Crippen LogP contribution in [0.5, 0.6) is 11.5 Å². The summed E-state index contributed by atoms with van der Waals surface area (Å²) >= 11 is 0. The van der Waals surface area contributed by atoms with Crippen molar-refractivity contribution in [1.82, 2.24) is 0 Å². The first-order chi connectivity index (χ1) is 10.9. The number of hydrogen-bond acceptors (Lipinski definition) is 4. The molecular formula is C19H26N2O2. The van der Waals surface area contributed by atoms with E-state index in [4.69, 9.17) is 20.9 Å². The fourth-order valence-corrected chi connectivity index (χ4v) is 3.08. The van der Waals surface area contributed by atoms with E-state index in [0.717, 1.165) is 22.6 Å². The van der Waals surface area contributed by atoms with Gasteiger partial charge in [0, 0.05) is 5.92 Å². The second-order valence-electron chi connectivity index (χ2n) is 6.16. The van der Waals surface area contributed by atoms with Gasteiger partial charge in [0.25, 0.3) is 0 Å². The highest BCUT2D eigenvalue weighted by atomic mass is 16.5. The normalized spacial score (nSPS) is 13.0. The van der Waals surface area contributed by atoms with Crippen LogP contribution in [0.15, 0.2) is 48.5 Å². The highest BCUT2D eigenvalue weighted by molar-refractivity contribution is 5.37. The summed E-state index contributed by atoms with van der Waals surface area (Å²) in [6, 6.07) is 15.6. The van der Waals surface area contributed by atoms with E-state index in [2.05, 4.69) is 13.8 Å². The molecule has 1 unspecified atom stereocenters. The number of ether oxygens (including phenoxy) is 2. The van der Waals surface area contributed by atoms with Gasteiger partial charge in [-0.3, -0.25) is 0 Å². The number of rotatable bonds is 6. The third-order valence-corrected chi connectivity index (χ3v) is 4.25. The van der Waals surface area contributed by atoms with E-state index >= 15 is 0 Å². The van der Waals surface area contributed by atoms with Crippen molar-refractivity contribution in [2.75, 3.05) is 14.2 Å². The second kappa shape index (κ2) is 7.02. The first kappa shape index (κ1) is 17.3. The first-order valence-corrected chi connectivity index (χ1v) is 7.76. The zero-order valence-corrected chi connectivity index (χ0v) is 14.2. The molecular weight excluding hydrogens is 288 g/mol. The van der Waals surface area contributed by atoms with Crippen LogP contribution in [0.25, 0.3) is 0 Å². The number of benzene rings is 2. The predicted molar refractivity (Wildman–Crippen MR) is 93.6 cm³/mol. The van der Waals surface area contributed by atoms with Crippen LogP contribution in [-0.2, 0) is 5.66 Å². The maximum Gasteiger partial charge on any atom is 0.118 e. The SMILES string of the molecule is COc1ccc(C(C(C)C)C(N)(N)c2ccc(OC)cc2)cc1. The van der Waals surface area contributed by atoms with Crippen LogP contribution in [0.2, 0.25) is 0 Å². The van der Waals surface area contributed by atoms with Gasteiger partial charge in [0.05, 0.1) is 19.9 Å². The summed E-state index contributed by atoms with van der Waals surface area (Å²) in [5.41, 5.74) is 14.2. The molecule has 2 aromatic rings. The lowest BCUT2D eigenvalue weighted by atomic mass is 9.75. The molecule has 23 heavy (non-hydrogen) atoms. The van der Waals surface area contributed by atoms with Crippen molar-refractivity contribution >= 4 is 0 Å². The van der Waals surface area contributed by atoms with Gasteiger partial charge in [0.15, 0.2) is 0 Å². The molecule has 0 saturated carbocycles. The Kier molecular flexibility index (Phi) is 5.29.